The van der Waals surface area contributed by atoms with Crippen molar-refractivity contribution < 1.29 is 33.5 Å². The number of amides is 6. The number of carbonyl (C=O) groups is 6. The molecule has 1 unspecified atom stereocenters. The zero-order valence-corrected chi connectivity index (χ0v) is 35.0. The molecule has 312 valence electrons. The van der Waals surface area contributed by atoms with Crippen LogP contribution in [0.3, 0.4) is 0 Å². The minimum Gasteiger partial charge on any atom is -0.489 e. The first-order valence-corrected chi connectivity index (χ1v) is 20.8. The molecule has 1 atom stereocenters. The first-order chi connectivity index (χ1) is 28.5. The minimum absolute atomic E-state index is 0.0598. The van der Waals surface area contributed by atoms with Gasteiger partial charge in [-0.3, -0.25) is 39.0 Å². The monoisotopic (exact) mass is 833 g/mol. The molecule has 3 saturated heterocycles. The molecule has 3 aromatic rings. The highest BCUT2D eigenvalue weighted by Crippen LogP contribution is 2.55. The van der Waals surface area contributed by atoms with Gasteiger partial charge < -0.3 is 24.8 Å². The molecule has 3 aromatic carbocycles. The Morgan fingerprint density at radius 3 is 2.15 bits per heavy atom. The summed E-state index contributed by atoms with van der Waals surface area (Å²) >= 11 is 6.24. The summed E-state index contributed by atoms with van der Waals surface area (Å²) in [6, 6.07) is 18.6. The molecule has 2 N–H and O–H groups in total. The smallest absolute Gasteiger partial charge is 0.262 e. The van der Waals surface area contributed by atoms with E-state index in [-0.39, 0.29) is 70.7 Å². The van der Waals surface area contributed by atoms with Crippen LogP contribution >= 0.6 is 11.6 Å². The lowest BCUT2D eigenvalue weighted by Crippen LogP contribution is -2.74. The fourth-order valence-electron chi connectivity index (χ4n) is 10.1. The molecular formula is C45H48ClN7O7. The molecule has 15 heteroatoms. The van der Waals surface area contributed by atoms with Crippen LogP contribution in [0, 0.1) is 28.1 Å². The normalized spacial score (nSPS) is 23.6. The summed E-state index contributed by atoms with van der Waals surface area (Å²) in [4.78, 5) is 84.8. The number of hydrogen-bond acceptors (Lipinski definition) is 10. The summed E-state index contributed by atoms with van der Waals surface area (Å²) < 4.78 is 6.36. The molecule has 0 bridgehead atoms. The summed E-state index contributed by atoms with van der Waals surface area (Å²) in [5.41, 5.74) is 2.40. The third-order valence-electron chi connectivity index (χ3n) is 13.3. The van der Waals surface area contributed by atoms with Crippen molar-refractivity contribution in [2.24, 2.45) is 16.7 Å². The van der Waals surface area contributed by atoms with E-state index in [1.165, 1.54) is 0 Å². The van der Waals surface area contributed by atoms with Gasteiger partial charge in [0.1, 0.15) is 24.0 Å². The molecule has 60 heavy (non-hydrogen) atoms. The average molecular weight is 834 g/mol. The van der Waals surface area contributed by atoms with Crippen LogP contribution in [0.25, 0.3) is 0 Å². The second-order valence-corrected chi connectivity index (χ2v) is 18.2. The van der Waals surface area contributed by atoms with Gasteiger partial charge in [-0.05, 0) is 73.9 Å². The Morgan fingerprint density at radius 1 is 0.867 bits per heavy atom. The maximum absolute atomic E-state index is 13.6. The van der Waals surface area contributed by atoms with E-state index in [4.69, 9.17) is 16.3 Å². The summed E-state index contributed by atoms with van der Waals surface area (Å²) in [5.74, 6) is -1.76. The van der Waals surface area contributed by atoms with Crippen LogP contribution in [0.5, 0.6) is 5.75 Å². The van der Waals surface area contributed by atoms with Crippen LogP contribution in [-0.4, -0.2) is 103 Å². The number of hydrogen-bond donors (Lipinski definition) is 2. The molecule has 5 aliphatic rings. The molecule has 4 fully saturated rings. The average Bonchev–Trinajstić information content (AvgIpc) is 3.45. The number of benzene rings is 3. The fraction of sp³-hybridized carbons (Fsp3) is 0.444. The summed E-state index contributed by atoms with van der Waals surface area (Å²) in [6.07, 6.45) is 1.24. The Balaban J connectivity index is 0.804. The number of piperidine rings is 2. The summed E-state index contributed by atoms with van der Waals surface area (Å²) in [7, 11) is 1.86. The third-order valence-corrected chi connectivity index (χ3v) is 13.6. The molecular weight excluding hydrogens is 786 g/mol. The van der Waals surface area contributed by atoms with E-state index in [9.17, 15) is 34.0 Å². The van der Waals surface area contributed by atoms with Crippen LogP contribution in [0.2, 0.25) is 5.02 Å². The van der Waals surface area contributed by atoms with Crippen LogP contribution in [0.1, 0.15) is 90.0 Å². The molecule has 4 aliphatic heterocycles. The molecule has 4 heterocycles. The van der Waals surface area contributed by atoms with Crippen molar-refractivity contribution in [3.05, 3.63) is 87.9 Å². The Kier molecular flexibility index (Phi) is 10.4. The van der Waals surface area contributed by atoms with Gasteiger partial charge in [-0.25, -0.2) is 0 Å². The number of nitriles is 1. The number of rotatable bonds is 9. The van der Waals surface area contributed by atoms with Crippen molar-refractivity contribution in [1.82, 2.24) is 20.4 Å². The number of anilines is 2. The molecule has 1 saturated carbocycles. The van der Waals surface area contributed by atoms with Crippen molar-refractivity contribution in [1.29, 1.82) is 5.26 Å². The van der Waals surface area contributed by atoms with Crippen molar-refractivity contribution >= 4 is 58.4 Å². The van der Waals surface area contributed by atoms with Gasteiger partial charge in [0, 0.05) is 85.4 Å². The lowest BCUT2D eigenvalue weighted by Gasteiger charge is -2.63. The highest BCUT2D eigenvalue weighted by molar-refractivity contribution is 6.31. The fourth-order valence-corrected chi connectivity index (χ4v) is 10.3. The van der Waals surface area contributed by atoms with Crippen LogP contribution in [-0.2, 0) is 14.4 Å². The topological polar surface area (TPSA) is 172 Å². The first-order valence-electron chi connectivity index (χ1n) is 20.4. The van der Waals surface area contributed by atoms with E-state index in [1.807, 2.05) is 36.2 Å². The van der Waals surface area contributed by atoms with Gasteiger partial charge >= 0.3 is 0 Å². The number of nitrogens with one attached hydrogen (secondary N) is 2. The molecule has 0 radical (unpaired) electrons. The van der Waals surface area contributed by atoms with Crippen molar-refractivity contribution in [3.63, 3.8) is 0 Å². The van der Waals surface area contributed by atoms with E-state index < -0.39 is 29.7 Å². The number of carbonyl (C=O) groups excluding carboxylic acids is 6. The predicted molar refractivity (Wildman–Crippen MR) is 223 cm³/mol. The van der Waals surface area contributed by atoms with Crippen molar-refractivity contribution in [3.8, 4) is 11.8 Å². The van der Waals surface area contributed by atoms with Gasteiger partial charge in [0.2, 0.25) is 17.7 Å². The highest BCUT2D eigenvalue weighted by Gasteiger charge is 2.64. The Hall–Kier alpha value is -5.94. The van der Waals surface area contributed by atoms with E-state index in [0.29, 0.717) is 60.9 Å². The maximum Gasteiger partial charge on any atom is 0.262 e. The molecule has 8 rings (SSSR count). The summed E-state index contributed by atoms with van der Waals surface area (Å²) in [6.45, 7) is 10.9. The predicted octanol–water partition coefficient (Wildman–Crippen LogP) is 4.79. The number of nitrogens with zero attached hydrogens (tertiary/aromatic N) is 5. The van der Waals surface area contributed by atoms with Crippen LogP contribution < -0.4 is 25.2 Å². The van der Waals surface area contributed by atoms with Crippen LogP contribution in [0.4, 0.5) is 11.4 Å². The standard InChI is InChI=1S/C45H48ClN7O7/c1-44(2)42(45(3,4)43(44)60-31-12-8-27(22-47)34(46)21-31)49-37(55)25-6-9-28(10-7-25)52-23-30(24-52)50(5)39(57)26-16-18-51(19-17-26)29-11-13-32-33(20-29)41(59)53(40(32)58)35-14-15-36(54)48-38(35)56/h6-13,20-21,26,30,35,42-43H,14-19,23-24H2,1-5H3,(H,49,55)(H,48,54,56). The lowest BCUT2D eigenvalue weighted by atomic mass is 9.49. The van der Waals surface area contributed by atoms with Gasteiger partial charge in [-0.2, -0.15) is 5.26 Å². The maximum atomic E-state index is 13.6. The highest BCUT2D eigenvalue weighted by atomic mass is 35.5. The van der Waals surface area contributed by atoms with E-state index in [2.05, 4.69) is 54.2 Å². The van der Waals surface area contributed by atoms with E-state index >= 15 is 0 Å². The first kappa shape index (κ1) is 40.8. The van der Waals surface area contributed by atoms with Gasteiger partial charge in [0.25, 0.3) is 17.7 Å². The van der Waals surface area contributed by atoms with E-state index in [0.717, 1.165) is 16.3 Å². The Morgan fingerprint density at radius 2 is 1.52 bits per heavy atom. The second kappa shape index (κ2) is 15.3. The second-order valence-electron chi connectivity index (χ2n) is 17.8. The van der Waals surface area contributed by atoms with Gasteiger partial charge in [0.05, 0.1) is 27.8 Å². The quantitative estimate of drug-likeness (QED) is 0.286. The SMILES string of the molecule is CN(C(=O)C1CCN(c2ccc3c(c2)C(=O)N(C2CCC(=O)NC2=O)C3=O)CC1)C1CN(c2ccc(C(=O)NC3C(C)(C)C(Oc4ccc(C#N)c(Cl)c4)C3(C)C)cc2)C1. The lowest BCUT2D eigenvalue weighted by molar-refractivity contribution is -0.164. The number of likely N-dealkylation sites (N-methyl/N-ethyl adjacent to an activating group) is 1. The Bertz CT molecular complexity index is 2330. The number of ether oxygens (including phenoxy) is 1. The molecule has 14 nitrogen and oxygen atoms in total. The number of fused-ring (bicyclic) bond motifs is 1. The van der Waals surface area contributed by atoms with Gasteiger partial charge in [0.15, 0.2) is 0 Å². The third kappa shape index (κ3) is 7.02. The molecule has 6 amide bonds. The zero-order valence-electron chi connectivity index (χ0n) is 34.3. The molecule has 1 aliphatic carbocycles. The number of halogens is 1. The zero-order chi connectivity index (χ0) is 42.8. The van der Waals surface area contributed by atoms with Gasteiger partial charge in [-0.15, -0.1) is 0 Å². The number of imide groups is 2. The van der Waals surface area contributed by atoms with Gasteiger partial charge in [-0.1, -0.05) is 39.3 Å². The summed E-state index contributed by atoms with van der Waals surface area (Å²) in [5, 5.41) is 15.0. The minimum atomic E-state index is -1.02. The Labute approximate surface area is 353 Å². The van der Waals surface area contributed by atoms with Crippen LogP contribution in [0.15, 0.2) is 60.7 Å². The molecule has 0 aromatic heterocycles. The van der Waals surface area contributed by atoms with E-state index in [1.54, 1.807) is 36.4 Å². The van der Waals surface area contributed by atoms with Crippen molar-refractivity contribution in [2.75, 3.05) is 43.0 Å². The largest absolute Gasteiger partial charge is 0.489 e. The molecule has 0 spiro atoms. The van der Waals surface area contributed by atoms with Crippen molar-refractivity contribution in [2.45, 2.75) is 77.6 Å².